The van der Waals surface area contributed by atoms with E-state index in [0.29, 0.717) is 11.6 Å². The van der Waals surface area contributed by atoms with Crippen molar-refractivity contribution in [3.05, 3.63) is 32.7 Å². The fraction of sp³-hybridized carbons (Fsp3) is 0.200. The van der Waals surface area contributed by atoms with Crippen molar-refractivity contribution >= 4 is 38.9 Å². The van der Waals surface area contributed by atoms with Gasteiger partial charge in [-0.15, -0.1) is 10.2 Å². The van der Waals surface area contributed by atoms with E-state index in [1.165, 1.54) is 0 Å². The summed E-state index contributed by atoms with van der Waals surface area (Å²) in [7, 11) is 0. The van der Waals surface area contributed by atoms with Gasteiger partial charge in [0.15, 0.2) is 0 Å². The predicted octanol–water partition coefficient (Wildman–Crippen LogP) is 3.12. The number of nitrogens with two attached hydrogens (primary N) is 1. The van der Waals surface area contributed by atoms with E-state index in [1.807, 2.05) is 18.2 Å². The second kappa shape index (κ2) is 5.23. The molecule has 6 heteroatoms. The first kappa shape index (κ1) is 12.0. The third-order valence-electron chi connectivity index (χ3n) is 1.99. The average molecular weight is 319 g/mol. The molecule has 0 spiro atoms. The summed E-state index contributed by atoms with van der Waals surface area (Å²) in [5.41, 5.74) is 6.48. The SMILES string of the molecule is NCCc1nnc(-c2ccc(Cl)cc2Br)s1. The van der Waals surface area contributed by atoms with E-state index < -0.39 is 0 Å². The van der Waals surface area contributed by atoms with Gasteiger partial charge in [-0.2, -0.15) is 0 Å². The topological polar surface area (TPSA) is 51.8 Å². The molecule has 84 valence electrons. The van der Waals surface area contributed by atoms with Gasteiger partial charge in [-0.05, 0) is 24.7 Å². The van der Waals surface area contributed by atoms with Crippen molar-refractivity contribution in [1.29, 1.82) is 0 Å². The summed E-state index contributed by atoms with van der Waals surface area (Å²) in [6, 6.07) is 5.62. The standard InChI is InChI=1S/C10H9BrClN3S/c11-8-5-6(12)1-2-7(8)10-15-14-9(16-10)3-4-13/h1-2,5H,3-4,13H2. The highest BCUT2D eigenvalue weighted by atomic mass is 79.9. The van der Waals surface area contributed by atoms with Crippen LogP contribution in [0.1, 0.15) is 5.01 Å². The Morgan fingerprint density at radius 3 is 2.88 bits per heavy atom. The second-order valence-corrected chi connectivity index (χ2v) is 5.52. The normalized spacial score (nSPS) is 10.7. The third kappa shape index (κ3) is 2.60. The molecule has 1 aromatic heterocycles. The van der Waals surface area contributed by atoms with Gasteiger partial charge < -0.3 is 5.73 Å². The number of aromatic nitrogens is 2. The number of rotatable bonds is 3. The number of hydrogen-bond acceptors (Lipinski definition) is 4. The largest absolute Gasteiger partial charge is 0.330 e. The molecule has 0 fully saturated rings. The molecular formula is C10H9BrClN3S. The van der Waals surface area contributed by atoms with Crippen LogP contribution in [-0.4, -0.2) is 16.7 Å². The van der Waals surface area contributed by atoms with E-state index in [1.54, 1.807) is 11.3 Å². The molecule has 0 aliphatic heterocycles. The maximum atomic E-state index is 5.88. The molecule has 1 heterocycles. The summed E-state index contributed by atoms with van der Waals surface area (Å²) in [6.07, 6.45) is 0.767. The van der Waals surface area contributed by atoms with Crippen LogP contribution in [0.5, 0.6) is 0 Å². The lowest BCUT2D eigenvalue weighted by atomic mass is 10.2. The molecule has 0 saturated heterocycles. The van der Waals surface area contributed by atoms with Crippen LogP contribution in [-0.2, 0) is 6.42 Å². The van der Waals surface area contributed by atoms with Gasteiger partial charge >= 0.3 is 0 Å². The zero-order valence-electron chi connectivity index (χ0n) is 8.28. The van der Waals surface area contributed by atoms with Gasteiger partial charge in [-0.1, -0.05) is 38.9 Å². The lowest BCUT2D eigenvalue weighted by Crippen LogP contribution is -2.01. The predicted molar refractivity (Wildman–Crippen MR) is 70.8 cm³/mol. The van der Waals surface area contributed by atoms with E-state index in [-0.39, 0.29) is 0 Å². The molecule has 0 radical (unpaired) electrons. The smallest absolute Gasteiger partial charge is 0.148 e. The van der Waals surface area contributed by atoms with Gasteiger partial charge in [0.2, 0.25) is 0 Å². The van der Waals surface area contributed by atoms with Crippen molar-refractivity contribution in [2.45, 2.75) is 6.42 Å². The van der Waals surface area contributed by atoms with Gasteiger partial charge in [0.05, 0.1) is 0 Å². The lowest BCUT2D eigenvalue weighted by molar-refractivity contribution is 0.913. The number of halogens is 2. The molecule has 0 saturated carbocycles. The Bertz CT molecular complexity index is 501. The summed E-state index contributed by atoms with van der Waals surface area (Å²) in [6.45, 7) is 0.594. The molecule has 2 N–H and O–H groups in total. The highest BCUT2D eigenvalue weighted by Crippen LogP contribution is 2.32. The molecule has 2 aromatic rings. The van der Waals surface area contributed by atoms with Crippen molar-refractivity contribution in [3.8, 4) is 10.6 Å². The first-order valence-corrected chi connectivity index (χ1v) is 6.67. The van der Waals surface area contributed by atoms with Crippen LogP contribution in [0.2, 0.25) is 5.02 Å². The third-order valence-corrected chi connectivity index (χ3v) is 3.89. The maximum absolute atomic E-state index is 5.88. The Kier molecular flexibility index (Phi) is 3.91. The molecular weight excluding hydrogens is 310 g/mol. The van der Waals surface area contributed by atoms with Gasteiger partial charge in [-0.3, -0.25) is 0 Å². The monoisotopic (exact) mass is 317 g/mol. The van der Waals surface area contributed by atoms with Crippen LogP contribution in [0, 0.1) is 0 Å². The fourth-order valence-corrected chi connectivity index (χ4v) is 3.15. The number of benzene rings is 1. The summed E-state index contributed by atoms with van der Waals surface area (Å²) in [5, 5.41) is 10.8. The molecule has 16 heavy (non-hydrogen) atoms. The van der Waals surface area contributed by atoms with Crippen LogP contribution in [0.3, 0.4) is 0 Å². The molecule has 0 amide bonds. The Morgan fingerprint density at radius 2 is 2.19 bits per heavy atom. The summed E-state index contributed by atoms with van der Waals surface area (Å²) < 4.78 is 0.926. The molecule has 3 nitrogen and oxygen atoms in total. The minimum atomic E-state index is 0.594. The summed E-state index contributed by atoms with van der Waals surface area (Å²) in [4.78, 5) is 0. The van der Waals surface area contributed by atoms with Crippen LogP contribution in [0.25, 0.3) is 10.6 Å². The van der Waals surface area contributed by atoms with Gasteiger partial charge in [0.1, 0.15) is 10.0 Å². The van der Waals surface area contributed by atoms with Gasteiger partial charge in [-0.25, -0.2) is 0 Å². The Hall–Kier alpha value is -0.490. The highest BCUT2D eigenvalue weighted by Gasteiger charge is 2.09. The van der Waals surface area contributed by atoms with Gasteiger partial charge in [0, 0.05) is 21.5 Å². The van der Waals surface area contributed by atoms with E-state index in [4.69, 9.17) is 17.3 Å². The minimum absolute atomic E-state index is 0.594. The van der Waals surface area contributed by atoms with E-state index in [0.717, 1.165) is 26.5 Å². The lowest BCUT2D eigenvalue weighted by Gasteiger charge is -1.99. The van der Waals surface area contributed by atoms with Gasteiger partial charge in [0.25, 0.3) is 0 Å². The summed E-state index contributed by atoms with van der Waals surface area (Å²) in [5.74, 6) is 0. The molecule has 0 bridgehead atoms. The first-order valence-electron chi connectivity index (χ1n) is 4.68. The van der Waals surface area contributed by atoms with Crippen LogP contribution < -0.4 is 5.73 Å². The van der Waals surface area contributed by atoms with Crippen LogP contribution in [0.15, 0.2) is 22.7 Å². The summed E-state index contributed by atoms with van der Waals surface area (Å²) >= 11 is 10.9. The zero-order chi connectivity index (χ0) is 11.5. The number of nitrogens with zero attached hydrogens (tertiary/aromatic N) is 2. The maximum Gasteiger partial charge on any atom is 0.148 e. The molecule has 2 rings (SSSR count). The second-order valence-electron chi connectivity index (χ2n) is 3.16. The van der Waals surface area contributed by atoms with Crippen molar-refractivity contribution in [3.63, 3.8) is 0 Å². The van der Waals surface area contributed by atoms with E-state index in [9.17, 15) is 0 Å². The van der Waals surface area contributed by atoms with Crippen LogP contribution >= 0.6 is 38.9 Å². The van der Waals surface area contributed by atoms with Crippen molar-refractivity contribution in [2.75, 3.05) is 6.54 Å². The quantitative estimate of drug-likeness (QED) is 0.946. The molecule has 0 unspecified atom stereocenters. The molecule has 1 aromatic carbocycles. The average Bonchev–Trinajstić information content (AvgIpc) is 2.67. The van der Waals surface area contributed by atoms with Crippen molar-refractivity contribution in [1.82, 2.24) is 10.2 Å². The Balaban J connectivity index is 2.35. The Morgan fingerprint density at radius 1 is 1.38 bits per heavy atom. The van der Waals surface area contributed by atoms with Crippen molar-refractivity contribution in [2.24, 2.45) is 5.73 Å². The Labute approximate surface area is 111 Å². The highest BCUT2D eigenvalue weighted by molar-refractivity contribution is 9.10. The van der Waals surface area contributed by atoms with E-state index >= 15 is 0 Å². The zero-order valence-corrected chi connectivity index (χ0v) is 11.4. The van der Waals surface area contributed by atoms with Crippen molar-refractivity contribution < 1.29 is 0 Å². The molecule has 0 atom stereocenters. The molecule has 0 aliphatic rings. The molecule has 0 aliphatic carbocycles. The number of hydrogen-bond donors (Lipinski definition) is 1. The first-order chi connectivity index (χ1) is 7.70. The fourth-order valence-electron chi connectivity index (χ4n) is 1.25. The minimum Gasteiger partial charge on any atom is -0.330 e. The van der Waals surface area contributed by atoms with Crippen LogP contribution in [0.4, 0.5) is 0 Å². The van der Waals surface area contributed by atoms with E-state index in [2.05, 4.69) is 26.1 Å².